The quantitative estimate of drug-likeness (QED) is 0.514. The molecule has 0 radical (unpaired) electrons. The number of anilines is 1. The number of pyridine rings is 1. The monoisotopic (exact) mass is 444 g/mol. The number of aromatic nitrogens is 1. The van der Waals surface area contributed by atoms with Crippen LogP contribution in [-0.4, -0.2) is 29.0 Å². The van der Waals surface area contributed by atoms with E-state index in [2.05, 4.69) is 4.98 Å². The second-order valence-electron chi connectivity index (χ2n) is 5.33. The molecule has 0 spiro atoms. The van der Waals surface area contributed by atoms with Gasteiger partial charge in [0.15, 0.2) is 5.15 Å². The molecule has 1 aromatic rings. The van der Waals surface area contributed by atoms with Crippen LogP contribution in [0.2, 0.25) is 10.3 Å². The zero-order valence-electron chi connectivity index (χ0n) is 12.0. The minimum Gasteiger partial charge on any atom is -0.443 e. The minimum absolute atomic E-state index is 0.0407. The normalized spacial score (nSPS) is 11.2. The molecule has 0 aromatic carbocycles. The number of hydrogen-bond acceptors (Lipinski definition) is 4. The van der Waals surface area contributed by atoms with Gasteiger partial charge in [0, 0.05) is 3.57 Å². The van der Waals surface area contributed by atoms with E-state index in [0.717, 1.165) is 0 Å². The zero-order valence-corrected chi connectivity index (χ0v) is 15.7. The summed E-state index contributed by atoms with van der Waals surface area (Å²) < 4.78 is 5.91. The fourth-order valence-corrected chi connectivity index (χ4v) is 3.18. The molecule has 1 rings (SSSR count). The molecule has 21 heavy (non-hydrogen) atoms. The van der Waals surface area contributed by atoms with Gasteiger partial charge < -0.3 is 4.74 Å². The van der Waals surface area contributed by atoms with Gasteiger partial charge in [0.1, 0.15) is 16.5 Å². The third-order valence-corrected chi connectivity index (χ3v) is 3.42. The number of carbonyl (C=O) groups is 2. The average molecular weight is 445 g/mol. The van der Waals surface area contributed by atoms with Gasteiger partial charge in [-0.15, -0.1) is 0 Å². The lowest BCUT2D eigenvalue weighted by Crippen LogP contribution is -2.40. The van der Waals surface area contributed by atoms with E-state index < -0.39 is 11.7 Å². The molecule has 0 N–H and O–H groups in total. The van der Waals surface area contributed by atoms with Crippen molar-refractivity contribution >= 4 is 63.4 Å². The fraction of sp³-hybridized carbons (Fsp3) is 0.462. The van der Waals surface area contributed by atoms with Crippen molar-refractivity contribution in [2.75, 3.05) is 11.4 Å². The van der Waals surface area contributed by atoms with E-state index in [1.165, 1.54) is 11.8 Å². The van der Waals surface area contributed by atoms with E-state index in [0.29, 0.717) is 9.26 Å². The van der Waals surface area contributed by atoms with E-state index >= 15 is 0 Å². The summed E-state index contributed by atoms with van der Waals surface area (Å²) in [6, 6.07) is 1.56. The first-order valence-corrected chi connectivity index (χ1v) is 7.86. The largest absolute Gasteiger partial charge is 0.443 e. The van der Waals surface area contributed by atoms with Crippen LogP contribution in [0.25, 0.3) is 0 Å². The van der Waals surface area contributed by atoms with Gasteiger partial charge >= 0.3 is 6.09 Å². The maximum atomic E-state index is 12.3. The van der Waals surface area contributed by atoms with Crippen molar-refractivity contribution in [3.8, 4) is 0 Å². The van der Waals surface area contributed by atoms with E-state index in [1.807, 2.05) is 22.6 Å². The molecule has 1 amide bonds. The first kappa shape index (κ1) is 18.4. The highest BCUT2D eigenvalue weighted by Gasteiger charge is 2.28. The molecule has 0 unspecified atom stereocenters. The van der Waals surface area contributed by atoms with Crippen molar-refractivity contribution in [3.05, 3.63) is 19.9 Å². The summed E-state index contributed by atoms with van der Waals surface area (Å²) >= 11 is 13.9. The van der Waals surface area contributed by atoms with E-state index in [4.69, 9.17) is 27.9 Å². The molecule has 0 aliphatic heterocycles. The number of nitrogens with zero attached hydrogens (tertiary/aromatic N) is 2. The summed E-state index contributed by atoms with van der Waals surface area (Å²) in [7, 11) is 0. The summed E-state index contributed by atoms with van der Waals surface area (Å²) in [5, 5.41) is 0.249. The zero-order chi connectivity index (χ0) is 16.4. The standard InChI is InChI=1S/C13H15Cl2IN2O3/c1-7(19)6-18(12(20)21-13(2,3)4)10-8(16)5-9(14)17-11(10)15/h5H,6H2,1-4H3. The van der Waals surface area contributed by atoms with Crippen LogP contribution in [0.3, 0.4) is 0 Å². The molecule has 0 saturated carbocycles. The van der Waals surface area contributed by atoms with Crippen LogP contribution >= 0.6 is 45.8 Å². The van der Waals surface area contributed by atoms with Crippen molar-refractivity contribution in [2.45, 2.75) is 33.3 Å². The van der Waals surface area contributed by atoms with Crippen LogP contribution in [-0.2, 0) is 9.53 Å². The highest BCUT2D eigenvalue weighted by atomic mass is 127. The fourth-order valence-electron chi connectivity index (χ4n) is 1.47. The van der Waals surface area contributed by atoms with Gasteiger partial charge in [0.2, 0.25) is 0 Å². The van der Waals surface area contributed by atoms with Crippen molar-refractivity contribution in [1.29, 1.82) is 0 Å². The molecule has 1 heterocycles. The molecule has 116 valence electrons. The summed E-state index contributed by atoms with van der Waals surface area (Å²) in [4.78, 5) is 28.8. The second-order valence-corrected chi connectivity index (χ2v) is 7.24. The predicted octanol–water partition coefficient (Wildman–Crippen LogP) is 4.32. The number of rotatable bonds is 3. The lowest BCUT2D eigenvalue weighted by molar-refractivity contribution is -0.115. The SMILES string of the molecule is CC(=O)CN(C(=O)OC(C)(C)C)c1c(I)cc(Cl)nc1Cl. The number of amides is 1. The Morgan fingerprint density at radius 2 is 1.95 bits per heavy atom. The van der Waals surface area contributed by atoms with Crippen LogP contribution in [0.15, 0.2) is 6.07 Å². The maximum Gasteiger partial charge on any atom is 0.415 e. The molecule has 0 aliphatic carbocycles. The number of Topliss-reactive ketones (excluding diaryl/α,β-unsaturated/α-hetero) is 1. The average Bonchev–Trinajstić information content (AvgIpc) is 2.23. The lowest BCUT2D eigenvalue weighted by Gasteiger charge is -2.27. The number of halogens is 3. The Kier molecular flexibility index (Phi) is 6.24. The van der Waals surface area contributed by atoms with Crippen molar-refractivity contribution in [2.24, 2.45) is 0 Å². The Balaban J connectivity index is 3.26. The summed E-state index contributed by atoms with van der Waals surface area (Å²) in [5.74, 6) is -0.206. The third-order valence-electron chi connectivity index (χ3n) is 2.14. The molecule has 8 heteroatoms. The Morgan fingerprint density at radius 1 is 1.38 bits per heavy atom. The Labute approximate surface area is 147 Å². The number of ether oxygens (including phenoxy) is 1. The second kappa shape index (κ2) is 7.11. The molecule has 1 aromatic heterocycles. The molecular weight excluding hydrogens is 430 g/mol. The third kappa shape index (κ3) is 5.60. The van der Waals surface area contributed by atoms with E-state index in [9.17, 15) is 9.59 Å². The molecule has 0 saturated heterocycles. The highest BCUT2D eigenvalue weighted by molar-refractivity contribution is 14.1. The van der Waals surface area contributed by atoms with Crippen LogP contribution in [0, 0.1) is 3.57 Å². The topological polar surface area (TPSA) is 59.5 Å². The van der Waals surface area contributed by atoms with Crippen LogP contribution in [0.4, 0.5) is 10.5 Å². The van der Waals surface area contributed by atoms with Gasteiger partial charge in [-0.05, 0) is 56.4 Å². The molecule has 0 bridgehead atoms. The highest BCUT2D eigenvalue weighted by Crippen LogP contribution is 2.32. The molecule has 5 nitrogen and oxygen atoms in total. The smallest absolute Gasteiger partial charge is 0.415 e. The van der Waals surface area contributed by atoms with Crippen LogP contribution < -0.4 is 4.90 Å². The Bertz CT molecular complexity index is 550. The van der Waals surface area contributed by atoms with Gasteiger partial charge in [-0.2, -0.15) is 0 Å². The van der Waals surface area contributed by atoms with Crippen LogP contribution in [0.5, 0.6) is 0 Å². The van der Waals surface area contributed by atoms with Gasteiger partial charge in [-0.1, -0.05) is 23.2 Å². The van der Waals surface area contributed by atoms with E-state index in [-0.39, 0.29) is 22.6 Å². The molecular formula is C13H15Cl2IN2O3. The number of ketones is 1. The minimum atomic E-state index is -0.691. The Hall–Kier alpha value is -0.600. The predicted molar refractivity (Wildman–Crippen MR) is 91.2 cm³/mol. The molecule has 0 aliphatic rings. The number of carbonyl (C=O) groups excluding carboxylic acids is 2. The summed E-state index contributed by atoms with van der Waals surface area (Å²) in [5.41, 5.74) is -0.379. The van der Waals surface area contributed by atoms with Crippen molar-refractivity contribution in [1.82, 2.24) is 4.98 Å². The summed E-state index contributed by atoms with van der Waals surface area (Å²) in [6.07, 6.45) is -0.665. The lowest BCUT2D eigenvalue weighted by atomic mass is 10.2. The molecule has 0 atom stereocenters. The van der Waals surface area contributed by atoms with Gasteiger partial charge in [0.25, 0.3) is 0 Å². The van der Waals surface area contributed by atoms with Crippen molar-refractivity contribution in [3.63, 3.8) is 0 Å². The molecule has 0 fully saturated rings. The van der Waals surface area contributed by atoms with E-state index in [1.54, 1.807) is 26.8 Å². The Morgan fingerprint density at radius 3 is 2.38 bits per heavy atom. The van der Waals surface area contributed by atoms with Gasteiger partial charge in [0.05, 0.1) is 12.2 Å². The van der Waals surface area contributed by atoms with Gasteiger partial charge in [-0.25, -0.2) is 9.78 Å². The van der Waals surface area contributed by atoms with Crippen molar-refractivity contribution < 1.29 is 14.3 Å². The summed E-state index contributed by atoms with van der Waals surface area (Å²) in [6.45, 7) is 6.44. The maximum absolute atomic E-state index is 12.3. The first-order valence-electron chi connectivity index (χ1n) is 6.03. The first-order chi connectivity index (χ1) is 9.51. The van der Waals surface area contributed by atoms with Crippen LogP contribution in [0.1, 0.15) is 27.7 Å². The number of hydrogen-bond donors (Lipinski definition) is 0. The van der Waals surface area contributed by atoms with Gasteiger partial charge in [-0.3, -0.25) is 9.69 Å².